The van der Waals surface area contributed by atoms with Crippen LogP contribution in [-0.2, 0) is 6.42 Å². The first-order valence-corrected chi connectivity index (χ1v) is 5.89. The first kappa shape index (κ1) is 10.2. The fourth-order valence-electron chi connectivity index (χ4n) is 2.57. The van der Waals surface area contributed by atoms with Crippen molar-refractivity contribution in [1.82, 2.24) is 10.2 Å². The summed E-state index contributed by atoms with van der Waals surface area (Å²) in [4.78, 5) is 2.30. The Bertz CT molecular complexity index is 544. The first-order valence-electron chi connectivity index (χ1n) is 5.89. The van der Waals surface area contributed by atoms with Crippen LogP contribution in [0.4, 0.5) is 11.5 Å². The molecule has 0 fully saturated rings. The van der Waals surface area contributed by atoms with Crippen LogP contribution in [0.2, 0.25) is 0 Å². The zero-order valence-electron chi connectivity index (χ0n) is 9.90. The summed E-state index contributed by atoms with van der Waals surface area (Å²) >= 11 is 0. The minimum absolute atomic E-state index is 0.645. The monoisotopic (exact) mass is 228 g/mol. The number of aromatic amines is 1. The van der Waals surface area contributed by atoms with Crippen LogP contribution in [0.3, 0.4) is 0 Å². The number of benzene rings is 1. The molecule has 17 heavy (non-hydrogen) atoms. The summed E-state index contributed by atoms with van der Waals surface area (Å²) in [5.74, 6) is 0.645. The normalized spacial score (nSPS) is 14.8. The van der Waals surface area contributed by atoms with Gasteiger partial charge in [0.2, 0.25) is 0 Å². The zero-order valence-corrected chi connectivity index (χ0v) is 9.90. The second kappa shape index (κ2) is 3.80. The number of hydrogen-bond acceptors (Lipinski definition) is 3. The molecule has 1 aromatic carbocycles. The molecule has 0 unspecified atom stereocenters. The van der Waals surface area contributed by atoms with E-state index in [-0.39, 0.29) is 0 Å². The quantitative estimate of drug-likeness (QED) is 0.785. The van der Waals surface area contributed by atoms with Gasteiger partial charge < -0.3 is 10.6 Å². The van der Waals surface area contributed by atoms with Crippen molar-refractivity contribution in [2.24, 2.45) is 0 Å². The van der Waals surface area contributed by atoms with E-state index >= 15 is 0 Å². The maximum Gasteiger partial charge on any atom is 0.126 e. The number of fused-ring (bicyclic) bond motifs is 1. The molecule has 0 atom stereocenters. The highest BCUT2D eigenvalue weighted by Crippen LogP contribution is 2.36. The lowest BCUT2D eigenvalue weighted by atomic mass is 9.93. The fourth-order valence-corrected chi connectivity index (χ4v) is 2.57. The molecular formula is C13H16N4. The smallest absolute Gasteiger partial charge is 0.126 e. The van der Waals surface area contributed by atoms with E-state index in [9.17, 15) is 0 Å². The Labute approximate surface area is 100 Å². The first-order chi connectivity index (χ1) is 8.27. The van der Waals surface area contributed by atoms with Crippen molar-refractivity contribution in [2.75, 3.05) is 24.2 Å². The molecule has 3 N–H and O–H groups in total. The van der Waals surface area contributed by atoms with Crippen LogP contribution in [0.1, 0.15) is 12.0 Å². The summed E-state index contributed by atoms with van der Waals surface area (Å²) in [7, 11) is 2.14. The lowest BCUT2D eigenvalue weighted by molar-refractivity contribution is 0.746. The van der Waals surface area contributed by atoms with E-state index < -0.39 is 0 Å². The predicted octanol–water partition coefficient (Wildman–Crippen LogP) is 2.04. The third-order valence-corrected chi connectivity index (χ3v) is 3.44. The van der Waals surface area contributed by atoms with E-state index in [0.717, 1.165) is 18.5 Å². The van der Waals surface area contributed by atoms with Gasteiger partial charge in [0.05, 0.1) is 6.20 Å². The van der Waals surface area contributed by atoms with Gasteiger partial charge >= 0.3 is 0 Å². The van der Waals surface area contributed by atoms with Crippen molar-refractivity contribution in [2.45, 2.75) is 12.8 Å². The molecule has 0 bridgehead atoms. The minimum Gasteiger partial charge on any atom is -0.384 e. The number of hydrogen-bond donors (Lipinski definition) is 2. The Kier molecular flexibility index (Phi) is 2.28. The Hall–Kier alpha value is -1.97. The molecule has 2 aromatic rings. The van der Waals surface area contributed by atoms with Crippen molar-refractivity contribution in [3.05, 3.63) is 30.0 Å². The van der Waals surface area contributed by atoms with Crippen molar-refractivity contribution in [1.29, 1.82) is 0 Å². The number of nitrogens with one attached hydrogen (secondary N) is 1. The van der Waals surface area contributed by atoms with E-state index in [2.05, 4.69) is 40.3 Å². The van der Waals surface area contributed by atoms with Gasteiger partial charge in [-0.25, -0.2) is 0 Å². The van der Waals surface area contributed by atoms with Crippen LogP contribution < -0.4 is 10.6 Å². The number of nitrogens with two attached hydrogens (primary N) is 1. The maximum absolute atomic E-state index is 5.91. The highest BCUT2D eigenvalue weighted by molar-refractivity contribution is 5.80. The Balaban J connectivity index is 2.19. The van der Waals surface area contributed by atoms with Gasteiger partial charge in [0.1, 0.15) is 5.82 Å². The summed E-state index contributed by atoms with van der Waals surface area (Å²) in [6.45, 7) is 1.12. The summed E-state index contributed by atoms with van der Waals surface area (Å²) in [5.41, 5.74) is 10.8. The summed E-state index contributed by atoms with van der Waals surface area (Å²) in [6.07, 6.45) is 4.11. The molecule has 1 aromatic heterocycles. The van der Waals surface area contributed by atoms with E-state index in [1.165, 1.54) is 23.2 Å². The number of anilines is 2. The topological polar surface area (TPSA) is 57.9 Å². The van der Waals surface area contributed by atoms with Crippen molar-refractivity contribution in [3.8, 4) is 11.1 Å². The van der Waals surface area contributed by atoms with Crippen molar-refractivity contribution < 1.29 is 0 Å². The summed E-state index contributed by atoms with van der Waals surface area (Å²) < 4.78 is 0. The molecule has 0 saturated carbocycles. The number of nitrogens with zero attached hydrogens (tertiary/aromatic N) is 2. The average Bonchev–Trinajstić information content (AvgIpc) is 2.75. The fraction of sp³-hybridized carbons (Fsp3) is 0.308. The lowest BCUT2D eigenvalue weighted by Crippen LogP contribution is -2.24. The molecule has 1 aliphatic heterocycles. The standard InChI is InChI=1S/C13H16N4/c1-17-7-3-5-10-9(4-2-6-12(10)17)11-8-15-16-13(11)14/h2,4,6,8H,3,5,7H2,1H3,(H3,14,15,16). The molecule has 4 nitrogen and oxygen atoms in total. The Morgan fingerprint density at radius 3 is 3.00 bits per heavy atom. The lowest BCUT2D eigenvalue weighted by Gasteiger charge is -2.29. The van der Waals surface area contributed by atoms with Gasteiger partial charge in [-0.05, 0) is 30.0 Å². The van der Waals surface area contributed by atoms with Crippen LogP contribution in [0.25, 0.3) is 11.1 Å². The van der Waals surface area contributed by atoms with E-state index in [0.29, 0.717) is 5.82 Å². The van der Waals surface area contributed by atoms with Crippen LogP contribution in [0.15, 0.2) is 24.4 Å². The molecule has 0 radical (unpaired) electrons. The van der Waals surface area contributed by atoms with Gasteiger partial charge in [-0.1, -0.05) is 12.1 Å². The molecule has 0 amide bonds. The highest BCUT2D eigenvalue weighted by atomic mass is 15.1. The van der Waals surface area contributed by atoms with Crippen LogP contribution >= 0.6 is 0 Å². The average molecular weight is 228 g/mol. The molecule has 88 valence electrons. The Morgan fingerprint density at radius 2 is 2.24 bits per heavy atom. The van der Waals surface area contributed by atoms with Gasteiger partial charge in [-0.15, -0.1) is 0 Å². The molecule has 0 aliphatic carbocycles. The highest BCUT2D eigenvalue weighted by Gasteiger charge is 2.18. The molecule has 2 heterocycles. The van der Waals surface area contributed by atoms with Gasteiger partial charge in [0.25, 0.3) is 0 Å². The number of aromatic nitrogens is 2. The number of H-pyrrole nitrogens is 1. The van der Waals surface area contributed by atoms with E-state index in [1.807, 2.05) is 0 Å². The molecular weight excluding hydrogens is 212 g/mol. The summed E-state index contributed by atoms with van der Waals surface area (Å²) in [6, 6.07) is 6.38. The SMILES string of the molecule is CN1CCCc2c(-c3cn[nH]c3N)cccc21. The van der Waals surface area contributed by atoms with Crippen molar-refractivity contribution in [3.63, 3.8) is 0 Å². The third kappa shape index (κ3) is 1.56. The molecule has 1 aliphatic rings. The number of nitrogen functional groups attached to an aromatic ring is 1. The Morgan fingerprint density at radius 1 is 1.35 bits per heavy atom. The van der Waals surface area contributed by atoms with E-state index in [4.69, 9.17) is 5.73 Å². The maximum atomic E-state index is 5.91. The molecule has 4 heteroatoms. The van der Waals surface area contributed by atoms with Crippen LogP contribution in [0.5, 0.6) is 0 Å². The van der Waals surface area contributed by atoms with Gasteiger partial charge in [-0.3, -0.25) is 5.10 Å². The van der Waals surface area contributed by atoms with Crippen LogP contribution in [0, 0.1) is 0 Å². The predicted molar refractivity (Wildman–Crippen MR) is 70.0 cm³/mol. The third-order valence-electron chi connectivity index (χ3n) is 3.44. The van der Waals surface area contributed by atoms with Crippen LogP contribution in [-0.4, -0.2) is 23.8 Å². The molecule has 3 rings (SSSR count). The van der Waals surface area contributed by atoms with E-state index in [1.54, 1.807) is 6.20 Å². The van der Waals surface area contributed by atoms with Gasteiger partial charge in [-0.2, -0.15) is 5.10 Å². The summed E-state index contributed by atoms with van der Waals surface area (Å²) in [5, 5.41) is 6.80. The largest absolute Gasteiger partial charge is 0.384 e. The zero-order chi connectivity index (χ0) is 11.8. The molecule has 0 spiro atoms. The number of rotatable bonds is 1. The molecule has 0 saturated heterocycles. The van der Waals surface area contributed by atoms with Gasteiger partial charge in [0, 0.05) is 24.8 Å². The minimum atomic E-state index is 0.645. The van der Waals surface area contributed by atoms with Crippen molar-refractivity contribution >= 4 is 11.5 Å². The second-order valence-electron chi connectivity index (χ2n) is 4.53. The van der Waals surface area contributed by atoms with Gasteiger partial charge in [0.15, 0.2) is 0 Å². The second-order valence-corrected chi connectivity index (χ2v) is 4.53.